The molecule has 4 nitrogen and oxygen atoms in total. The highest BCUT2D eigenvalue weighted by atomic mass is 79.9. The SMILES string of the molecule is CCOc1ccc(CNC(=O)C(C)Oc2ccc(Br)cc2)cc1. The highest BCUT2D eigenvalue weighted by Gasteiger charge is 2.14. The van der Waals surface area contributed by atoms with Crippen molar-refractivity contribution in [3.8, 4) is 11.5 Å². The van der Waals surface area contributed by atoms with E-state index in [0.29, 0.717) is 18.9 Å². The molecule has 5 heteroatoms. The molecule has 0 saturated heterocycles. The lowest BCUT2D eigenvalue weighted by molar-refractivity contribution is -0.127. The Balaban J connectivity index is 1.82. The van der Waals surface area contributed by atoms with Gasteiger partial charge in [0.05, 0.1) is 6.61 Å². The van der Waals surface area contributed by atoms with Gasteiger partial charge in [0.2, 0.25) is 0 Å². The Morgan fingerprint density at radius 1 is 1.09 bits per heavy atom. The third-order valence-electron chi connectivity index (χ3n) is 3.20. The van der Waals surface area contributed by atoms with Gasteiger partial charge in [-0.2, -0.15) is 0 Å². The summed E-state index contributed by atoms with van der Waals surface area (Å²) >= 11 is 3.36. The van der Waals surface area contributed by atoms with E-state index >= 15 is 0 Å². The Morgan fingerprint density at radius 2 is 1.70 bits per heavy atom. The third kappa shape index (κ3) is 5.60. The second kappa shape index (κ2) is 8.58. The fraction of sp³-hybridized carbons (Fsp3) is 0.278. The molecule has 122 valence electrons. The van der Waals surface area contributed by atoms with Gasteiger partial charge >= 0.3 is 0 Å². The highest BCUT2D eigenvalue weighted by molar-refractivity contribution is 9.10. The van der Waals surface area contributed by atoms with Crippen LogP contribution in [0.25, 0.3) is 0 Å². The van der Waals surface area contributed by atoms with Crippen LogP contribution in [0.15, 0.2) is 53.0 Å². The van der Waals surface area contributed by atoms with Crippen LogP contribution in [-0.2, 0) is 11.3 Å². The quantitative estimate of drug-likeness (QED) is 0.794. The lowest BCUT2D eigenvalue weighted by Crippen LogP contribution is -2.35. The molecule has 0 radical (unpaired) electrons. The average Bonchev–Trinajstić information content (AvgIpc) is 2.56. The Kier molecular flexibility index (Phi) is 6.47. The molecule has 0 saturated carbocycles. The fourth-order valence-electron chi connectivity index (χ4n) is 1.97. The molecule has 0 fully saturated rings. The fourth-order valence-corrected chi connectivity index (χ4v) is 2.24. The van der Waals surface area contributed by atoms with Crippen molar-refractivity contribution in [1.82, 2.24) is 5.32 Å². The zero-order valence-electron chi connectivity index (χ0n) is 13.2. The normalized spacial score (nSPS) is 11.6. The lowest BCUT2D eigenvalue weighted by atomic mass is 10.2. The Bertz CT molecular complexity index is 626. The molecule has 0 bridgehead atoms. The first-order valence-electron chi connectivity index (χ1n) is 7.50. The molecule has 2 rings (SSSR count). The van der Waals surface area contributed by atoms with Gasteiger partial charge in [0.1, 0.15) is 11.5 Å². The number of carbonyl (C=O) groups excluding carboxylic acids is 1. The molecule has 0 aliphatic rings. The smallest absolute Gasteiger partial charge is 0.261 e. The Labute approximate surface area is 144 Å². The minimum absolute atomic E-state index is 0.151. The monoisotopic (exact) mass is 377 g/mol. The van der Waals surface area contributed by atoms with Crippen molar-refractivity contribution in [2.24, 2.45) is 0 Å². The van der Waals surface area contributed by atoms with E-state index in [1.54, 1.807) is 6.92 Å². The minimum Gasteiger partial charge on any atom is -0.494 e. The molecule has 2 aromatic rings. The van der Waals surface area contributed by atoms with Gasteiger partial charge in [-0.1, -0.05) is 28.1 Å². The first-order valence-corrected chi connectivity index (χ1v) is 8.29. The van der Waals surface area contributed by atoms with Gasteiger partial charge in [0.15, 0.2) is 6.10 Å². The number of amides is 1. The molecule has 2 aromatic carbocycles. The van der Waals surface area contributed by atoms with E-state index in [1.165, 1.54) is 0 Å². The molecule has 23 heavy (non-hydrogen) atoms. The molecule has 0 aliphatic carbocycles. The van der Waals surface area contributed by atoms with Crippen molar-refractivity contribution in [1.29, 1.82) is 0 Å². The summed E-state index contributed by atoms with van der Waals surface area (Å²) in [5.74, 6) is 1.34. The summed E-state index contributed by atoms with van der Waals surface area (Å²) in [7, 11) is 0. The number of carbonyl (C=O) groups is 1. The van der Waals surface area contributed by atoms with Crippen LogP contribution in [0.1, 0.15) is 19.4 Å². The van der Waals surface area contributed by atoms with E-state index < -0.39 is 6.10 Å². The van der Waals surface area contributed by atoms with Crippen molar-refractivity contribution in [2.75, 3.05) is 6.61 Å². The van der Waals surface area contributed by atoms with E-state index in [9.17, 15) is 4.79 Å². The predicted octanol–water partition coefficient (Wildman–Crippen LogP) is 3.93. The average molecular weight is 378 g/mol. The van der Waals surface area contributed by atoms with Gasteiger partial charge in [-0.15, -0.1) is 0 Å². The number of hydrogen-bond acceptors (Lipinski definition) is 3. The summed E-state index contributed by atoms with van der Waals surface area (Å²) in [5, 5.41) is 2.87. The van der Waals surface area contributed by atoms with E-state index in [-0.39, 0.29) is 5.91 Å². The summed E-state index contributed by atoms with van der Waals surface area (Å²) < 4.78 is 12.0. The maximum Gasteiger partial charge on any atom is 0.261 e. The Hall–Kier alpha value is -2.01. The van der Waals surface area contributed by atoms with Crippen molar-refractivity contribution in [2.45, 2.75) is 26.5 Å². The third-order valence-corrected chi connectivity index (χ3v) is 3.73. The van der Waals surface area contributed by atoms with Gasteiger partial charge in [0, 0.05) is 11.0 Å². The minimum atomic E-state index is -0.557. The van der Waals surface area contributed by atoms with Crippen LogP contribution in [0.4, 0.5) is 0 Å². The first kappa shape index (κ1) is 17.3. The second-order valence-electron chi connectivity index (χ2n) is 5.01. The molecule has 0 spiro atoms. The van der Waals surface area contributed by atoms with E-state index in [4.69, 9.17) is 9.47 Å². The molecule has 1 unspecified atom stereocenters. The maximum absolute atomic E-state index is 12.1. The van der Waals surface area contributed by atoms with Gasteiger partial charge in [0.25, 0.3) is 5.91 Å². The van der Waals surface area contributed by atoms with Crippen LogP contribution >= 0.6 is 15.9 Å². The second-order valence-corrected chi connectivity index (χ2v) is 5.92. The van der Waals surface area contributed by atoms with Crippen LogP contribution in [0, 0.1) is 0 Å². The summed E-state index contributed by atoms with van der Waals surface area (Å²) in [6.45, 7) is 4.77. The summed E-state index contributed by atoms with van der Waals surface area (Å²) in [6.07, 6.45) is -0.557. The highest BCUT2D eigenvalue weighted by Crippen LogP contribution is 2.17. The number of rotatable bonds is 7. The van der Waals surface area contributed by atoms with Crippen LogP contribution in [0.2, 0.25) is 0 Å². The van der Waals surface area contributed by atoms with Crippen LogP contribution in [-0.4, -0.2) is 18.6 Å². The van der Waals surface area contributed by atoms with Gasteiger partial charge in [-0.05, 0) is 55.8 Å². The molecule has 0 aliphatic heterocycles. The molecular formula is C18H20BrNO3. The number of benzene rings is 2. The number of halogens is 1. The van der Waals surface area contributed by atoms with E-state index in [1.807, 2.05) is 55.5 Å². The predicted molar refractivity (Wildman–Crippen MR) is 93.7 cm³/mol. The van der Waals surface area contributed by atoms with Gasteiger partial charge in [-0.3, -0.25) is 4.79 Å². The molecular weight excluding hydrogens is 358 g/mol. The van der Waals surface area contributed by atoms with E-state index in [2.05, 4.69) is 21.2 Å². The van der Waals surface area contributed by atoms with Crippen LogP contribution in [0.5, 0.6) is 11.5 Å². The molecule has 1 amide bonds. The standard InChI is InChI=1S/C18H20BrNO3/c1-3-22-16-8-4-14(5-9-16)12-20-18(21)13(2)23-17-10-6-15(19)7-11-17/h4-11,13H,3,12H2,1-2H3,(H,20,21). The number of ether oxygens (including phenoxy) is 2. The van der Waals surface area contributed by atoms with Gasteiger partial charge < -0.3 is 14.8 Å². The maximum atomic E-state index is 12.1. The molecule has 1 N–H and O–H groups in total. The largest absolute Gasteiger partial charge is 0.494 e. The topological polar surface area (TPSA) is 47.6 Å². The van der Waals surface area contributed by atoms with Crippen molar-refractivity contribution in [3.63, 3.8) is 0 Å². The van der Waals surface area contributed by atoms with Crippen LogP contribution in [0.3, 0.4) is 0 Å². The lowest BCUT2D eigenvalue weighted by Gasteiger charge is -2.15. The molecule has 0 aromatic heterocycles. The zero-order chi connectivity index (χ0) is 16.7. The molecule has 1 atom stereocenters. The van der Waals surface area contributed by atoms with Crippen molar-refractivity contribution in [3.05, 3.63) is 58.6 Å². The summed E-state index contributed by atoms with van der Waals surface area (Å²) in [6, 6.07) is 15.1. The van der Waals surface area contributed by atoms with Crippen LogP contribution < -0.4 is 14.8 Å². The summed E-state index contributed by atoms with van der Waals surface area (Å²) in [4.78, 5) is 12.1. The van der Waals surface area contributed by atoms with Crippen molar-refractivity contribution < 1.29 is 14.3 Å². The van der Waals surface area contributed by atoms with Gasteiger partial charge in [-0.25, -0.2) is 0 Å². The summed E-state index contributed by atoms with van der Waals surface area (Å²) in [5.41, 5.74) is 1.01. The Morgan fingerprint density at radius 3 is 2.30 bits per heavy atom. The number of hydrogen-bond donors (Lipinski definition) is 1. The molecule has 0 heterocycles. The first-order chi connectivity index (χ1) is 11.1. The number of nitrogens with one attached hydrogen (secondary N) is 1. The van der Waals surface area contributed by atoms with E-state index in [0.717, 1.165) is 15.8 Å². The van der Waals surface area contributed by atoms with Crippen molar-refractivity contribution >= 4 is 21.8 Å². The zero-order valence-corrected chi connectivity index (χ0v) is 14.8.